The topological polar surface area (TPSA) is 34.9 Å². The first kappa shape index (κ1) is 16.0. The number of benzene rings is 2. The zero-order valence-corrected chi connectivity index (χ0v) is 15.0. The fraction of sp³-hybridized carbons (Fsp3) is 0.111. The Morgan fingerprint density at radius 3 is 2.65 bits per heavy atom. The summed E-state index contributed by atoms with van der Waals surface area (Å²) in [5, 5.41) is 4.33. The Morgan fingerprint density at radius 2 is 1.91 bits per heavy atom. The monoisotopic (exact) mass is 386 g/mol. The van der Waals surface area contributed by atoms with Gasteiger partial charge in [0.25, 0.3) is 5.56 Å². The molecular formula is C18H15BrN2OS. The van der Waals surface area contributed by atoms with E-state index in [0.29, 0.717) is 11.0 Å². The van der Waals surface area contributed by atoms with Crippen LogP contribution in [-0.4, -0.2) is 16.0 Å². The molecular weight excluding hydrogens is 372 g/mol. The minimum atomic E-state index is -0.124. The molecule has 0 radical (unpaired) electrons. The summed E-state index contributed by atoms with van der Waals surface area (Å²) in [5.41, 5.74) is 2.72. The fourth-order valence-electron chi connectivity index (χ4n) is 2.33. The summed E-state index contributed by atoms with van der Waals surface area (Å²) in [5.74, 6) is 0. The van der Waals surface area contributed by atoms with E-state index < -0.39 is 0 Å². The van der Waals surface area contributed by atoms with E-state index in [9.17, 15) is 4.79 Å². The van der Waals surface area contributed by atoms with Crippen molar-refractivity contribution in [2.75, 3.05) is 6.26 Å². The van der Waals surface area contributed by atoms with E-state index in [1.54, 1.807) is 18.0 Å². The summed E-state index contributed by atoms with van der Waals surface area (Å²) in [7, 11) is 0. The standard InChI is InChI=1S/C18H15BrN2OS/c1-23-15-9-5-8-14(10-15)16-11-20-21(18(22)17(16)19)12-13-6-3-2-4-7-13/h2-11H,12H2,1H3. The average Bonchev–Trinajstić information content (AvgIpc) is 2.60. The molecule has 0 saturated carbocycles. The zero-order valence-electron chi connectivity index (χ0n) is 12.6. The van der Waals surface area contributed by atoms with E-state index in [1.165, 1.54) is 4.68 Å². The molecule has 2 aromatic carbocycles. The maximum Gasteiger partial charge on any atom is 0.281 e. The average molecular weight is 387 g/mol. The maximum absolute atomic E-state index is 12.6. The van der Waals surface area contributed by atoms with Gasteiger partial charge in [-0.15, -0.1) is 11.8 Å². The lowest BCUT2D eigenvalue weighted by Crippen LogP contribution is -2.24. The highest BCUT2D eigenvalue weighted by Gasteiger charge is 2.11. The van der Waals surface area contributed by atoms with Crippen molar-refractivity contribution in [1.29, 1.82) is 0 Å². The number of rotatable bonds is 4. The third-order valence-electron chi connectivity index (χ3n) is 3.54. The number of halogens is 1. The fourth-order valence-corrected chi connectivity index (χ4v) is 3.32. The second kappa shape index (κ2) is 7.15. The van der Waals surface area contributed by atoms with Gasteiger partial charge in [0.2, 0.25) is 0 Å². The Morgan fingerprint density at radius 1 is 1.13 bits per heavy atom. The molecule has 0 unspecified atom stereocenters. The van der Waals surface area contributed by atoms with Gasteiger partial charge in [-0.25, -0.2) is 4.68 Å². The molecule has 23 heavy (non-hydrogen) atoms. The summed E-state index contributed by atoms with van der Waals surface area (Å²) >= 11 is 5.12. The van der Waals surface area contributed by atoms with Gasteiger partial charge in [-0.1, -0.05) is 42.5 Å². The van der Waals surface area contributed by atoms with E-state index >= 15 is 0 Å². The molecule has 1 heterocycles. The number of aromatic nitrogens is 2. The van der Waals surface area contributed by atoms with E-state index in [0.717, 1.165) is 21.6 Å². The van der Waals surface area contributed by atoms with Crippen LogP contribution in [0, 0.1) is 0 Å². The molecule has 0 aliphatic heterocycles. The quantitative estimate of drug-likeness (QED) is 0.621. The highest BCUT2D eigenvalue weighted by molar-refractivity contribution is 9.10. The highest BCUT2D eigenvalue weighted by atomic mass is 79.9. The minimum absolute atomic E-state index is 0.124. The van der Waals surface area contributed by atoms with E-state index in [1.807, 2.05) is 54.8 Å². The Balaban J connectivity index is 1.99. The highest BCUT2D eigenvalue weighted by Crippen LogP contribution is 2.27. The number of hydrogen-bond acceptors (Lipinski definition) is 3. The van der Waals surface area contributed by atoms with Crippen LogP contribution in [0.5, 0.6) is 0 Å². The smallest absolute Gasteiger partial charge is 0.266 e. The lowest BCUT2D eigenvalue weighted by Gasteiger charge is -2.09. The van der Waals surface area contributed by atoms with Crippen molar-refractivity contribution in [3.05, 3.63) is 81.2 Å². The predicted molar refractivity (Wildman–Crippen MR) is 99.0 cm³/mol. The minimum Gasteiger partial charge on any atom is -0.266 e. The van der Waals surface area contributed by atoms with Crippen LogP contribution in [-0.2, 0) is 6.54 Å². The van der Waals surface area contributed by atoms with Gasteiger partial charge in [0.1, 0.15) is 0 Å². The van der Waals surface area contributed by atoms with Gasteiger partial charge in [0, 0.05) is 10.5 Å². The van der Waals surface area contributed by atoms with Gasteiger partial charge in [-0.3, -0.25) is 4.79 Å². The van der Waals surface area contributed by atoms with E-state index in [-0.39, 0.29) is 5.56 Å². The van der Waals surface area contributed by atoms with Gasteiger partial charge in [-0.2, -0.15) is 5.10 Å². The summed E-state index contributed by atoms with van der Waals surface area (Å²) in [6.07, 6.45) is 3.78. The molecule has 5 heteroatoms. The second-order valence-corrected chi connectivity index (χ2v) is 6.73. The number of hydrogen-bond donors (Lipinski definition) is 0. The largest absolute Gasteiger partial charge is 0.281 e. The van der Waals surface area contributed by atoms with Crippen molar-refractivity contribution in [3.63, 3.8) is 0 Å². The van der Waals surface area contributed by atoms with Gasteiger partial charge >= 0.3 is 0 Å². The molecule has 0 bridgehead atoms. The van der Waals surface area contributed by atoms with Crippen LogP contribution < -0.4 is 5.56 Å². The SMILES string of the molecule is CSc1cccc(-c2cnn(Cc3ccccc3)c(=O)c2Br)c1. The van der Waals surface area contributed by atoms with Crippen LogP contribution in [0.3, 0.4) is 0 Å². The molecule has 3 rings (SSSR count). The van der Waals surface area contributed by atoms with Crippen LogP contribution in [0.25, 0.3) is 11.1 Å². The van der Waals surface area contributed by atoms with Crippen molar-refractivity contribution < 1.29 is 0 Å². The molecule has 0 aliphatic rings. The van der Waals surface area contributed by atoms with Crippen molar-refractivity contribution in [1.82, 2.24) is 9.78 Å². The lowest BCUT2D eigenvalue weighted by molar-refractivity contribution is 0.636. The molecule has 0 fully saturated rings. The lowest BCUT2D eigenvalue weighted by atomic mass is 10.1. The zero-order chi connectivity index (χ0) is 16.2. The molecule has 3 aromatic rings. The van der Waals surface area contributed by atoms with Gasteiger partial charge in [-0.05, 0) is 45.4 Å². The van der Waals surface area contributed by atoms with Gasteiger partial charge in [0.15, 0.2) is 0 Å². The van der Waals surface area contributed by atoms with Crippen molar-refractivity contribution in [2.45, 2.75) is 11.4 Å². The van der Waals surface area contributed by atoms with Gasteiger partial charge < -0.3 is 0 Å². The first-order valence-corrected chi connectivity index (χ1v) is 9.15. The summed E-state index contributed by atoms with van der Waals surface area (Å²) < 4.78 is 2.02. The first-order valence-electron chi connectivity index (χ1n) is 7.13. The Labute approximate surface area is 147 Å². The molecule has 0 saturated heterocycles. The van der Waals surface area contributed by atoms with Crippen LogP contribution in [0.4, 0.5) is 0 Å². The molecule has 0 N–H and O–H groups in total. The van der Waals surface area contributed by atoms with Crippen molar-refractivity contribution in [3.8, 4) is 11.1 Å². The van der Waals surface area contributed by atoms with E-state index in [2.05, 4.69) is 27.1 Å². The summed E-state index contributed by atoms with van der Waals surface area (Å²) in [6.45, 7) is 0.462. The molecule has 0 atom stereocenters. The summed E-state index contributed by atoms with van der Waals surface area (Å²) in [4.78, 5) is 13.7. The molecule has 116 valence electrons. The van der Waals surface area contributed by atoms with E-state index in [4.69, 9.17) is 0 Å². The second-order valence-electron chi connectivity index (χ2n) is 5.05. The molecule has 0 aliphatic carbocycles. The Hall–Kier alpha value is -1.85. The third-order valence-corrected chi connectivity index (χ3v) is 5.03. The summed E-state index contributed by atoms with van der Waals surface area (Å²) in [6, 6.07) is 17.9. The van der Waals surface area contributed by atoms with Crippen LogP contribution >= 0.6 is 27.7 Å². The van der Waals surface area contributed by atoms with Gasteiger partial charge in [0.05, 0.1) is 17.2 Å². The maximum atomic E-state index is 12.6. The van der Waals surface area contributed by atoms with Crippen molar-refractivity contribution in [2.24, 2.45) is 0 Å². The van der Waals surface area contributed by atoms with Crippen LogP contribution in [0.1, 0.15) is 5.56 Å². The predicted octanol–water partition coefficient (Wildman–Crippen LogP) is 4.44. The normalized spacial score (nSPS) is 10.7. The van der Waals surface area contributed by atoms with Crippen molar-refractivity contribution >= 4 is 27.7 Å². The number of nitrogens with zero attached hydrogens (tertiary/aromatic N) is 2. The first-order chi connectivity index (χ1) is 11.2. The van der Waals surface area contributed by atoms with Crippen LogP contribution in [0.15, 0.2) is 75.0 Å². The Bertz CT molecular complexity index is 878. The molecule has 3 nitrogen and oxygen atoms in total. The third kappa shape index (κ3) is 3.57. The molecule has 0 amide bonds. The molecule has 0 spiro atoms. The molecule has 1 aromatic heterocycles. The van der Waals surface area contributed by atoms with Crippen LogP contribution in [0.2, 0.25) is 0 Å². The number of thioether (sulfide) groups is 1. The Kier molecular flexibility index (Phi) is 4.98.